The van der Waals surface area contributed by atoms with Crippen molar-refractivity contribution in [1.82, 2.24) is 5.32 Å². The number of benzene rings is 1. The van der Waals surface area contributed by atoms with Gasteiger partial charge in [0, 0.05) is 11.6 Å². The second kappa shape index (κ2) is 3.62. The maximum absolute atomic E-state index is 11.5. The molecule has 14 heavy (non-hydrogen) atoms. The number of carbonyl (C=O) groups is 1. The third-order valence-electron chi connectivity index (χ3n) is 2.66. The third kappa shape index (κ3) is 1.62. The molecule has 0 saturated heterocycles. The highest BCUT2D eigenvalue weighted by Crippen LogP contribution is 2.25. The van der Waals surface area contributed by atoms with Gasteiger partial charge in [0.15, 0.2) is 0 Å². The van der Waals surface area contributed by atoms with Gasteiger partial charge in [-0.25, -0.2) is 0 Å². The normalized spacial score (nSPS) is 21.0. The summed E-state index contributed by atoms with van der Waals surface area (Å²) in [7, 11) is 0. The molecular formula is C11H12ClNO. The van der Waals surface area contributed by atoms with Gasteiger partial charge in [0.1, 0.15) is 0 Å². The van der Waals surface area contributed by atoms with Crippen LogP contribution in [0.1, 0.15) is 24.0 Å². The quantitative estimate of drug-likeness (QED) is 0.697. The van der Waals surface area contributed by atoms with E-state index in [-0.39, 0.29) is 11.8 Å². The standard InChI is InChI=1S/C11H12ClNO/c1-7-10-3-2-9(12)6-8(10)4-5-13-11(7)14/h2-3,6-7H,4-5H2,1H3,(H,13,14)/t7-/m1/s1. The molecule has 3 heteroatoms. The van der Waals surface area contributed by atoms with Crippen molar-refractivity contribution in [3.63, 3.8) is 0 Å². The molecule has 0 radical (unpaired) electrons. The fourth-order valence-electron chi connectivity index (χ4n) is 1.83. The maximum Gasteiger partial charge on any atom is 0.227 e. The Morgan fingerprint density at radius 2 is 2.29 bits per heavy atom. The summed E-state index contributed by atoms with van der Waals surface area (Å²) in [6, 6.07) is 5.75. The molecule has 1 aromatic carbocycles. The fourth-order valence-corrected chi connectivity index (χ4v) is 2.02. The highest BCUT2D eigenvalue weighted by atomic mass is 35.5. The molecule has 1 aliphatic heterocycles. The first-order valence-corrected chi connectivity index (χ1v) is 5.12. The van der Waals surface area contributed by atoms with Crippen LogP contribution in [0.25, 0.3) is 0 Å². The van der Waals surface area contributed by atoms with Crippen LogP contribution in [0.4, 0.5) is 0 Å². The van der Waals surface area contributed by atoms with Gasteiger partial charge in [-0.3, -0.25) is 4.79 Å². The van der Waals surface area contributed by atoms with E-state index in [2.05, 4.69) is 5.32 Å². The van der Waals surface area contributed by atoms with Crippen LogP contribution in [0.5, 0.6) is 0 Å². The van der Waals surface area contributed by atoms with E-state index < -0.39 is 0 Å². The van der Waals surface area contributed by atoms with Crippen molar-refractivity contribution in [2.75, 3.05) is 6.54 Å². The van der Waals surface area contributed by atoms with Crippen LogP contribution < -0.4 is 5.32 Å². The lowest BCUT2D eigenvalue weighted by Crippen LogP contribution is -2.26. The lowest BCUT2D eigenvalue weighted by molar-refractivity contribution is -0.121. The molecule has 74 valence electrons. The minimum absolute atomic E-state index is 0.0650. The predicted octanol–water partition coefficient (Wildman–Crippen LogP) is 2.12. The molecule has 1 atom stereocenters. The van der Waals surface area contributed by atoms with E-state index in [0.29, 0.717) is 6.54 Å². The van der Waals surface area contributed by atoms with Gasteiger partial charge in [0.2, 0.25) is 5.91 Å². The number of amides is 1. The average molecular weight is 210 g/mol. The zero-order valence-corrected chi connectivity index (χ0v) is 8.77. The summed E-state index contributed by atoms with van der Waals surface area (Å²) in [5.41, 5.74) is 2.28. The molecule has 0 saturated carbocycles. The third-order valence-corrected chi connectivity index (χ3v) is 2.89. The van der Waals surface area contributed by atoms with E-state index in [9.17, 15) is 4.79 Å². The first kappa shape index (κ1) is 9.53. The molecule has 0 fully saturated rings. The largest absolute Gasteiger partial charge is 0.355 e. The van der Waals surface area contributed by atoms with Crippen LogP contribution in [0.15, 0.2) is 18.2 Å². The summed E-state index contributed by atoms with van der Waals surface area (Å²) in [5, 5.41) is 3.62. The van der Waals surface area contributed by atoms with Crippen LogP contribution in [-0.4, -0.2) is 12.5 Å². The number of hydrogen-bond acceptors (Lipinski definition) is 1. The number of rotatable bonds is 0. The summed E-state index contributed by atoms with van der Waals surface area (Å²) in [6.07, 6.45) is 0.867. The van der Waals surface area contributed by atoms with Crippen molar-refractivity contribution in [1.29, 1.82) is 0 Å². The molecule has 0 spiro atoms. The Balaban J connectivity index is 2.48. The fraction of sp³-hybridized carbons (Fsp3) is 0.364. The van der Waals surface area contributed by atoms with Gasteiger partial charge in [-0.05, 0) is 36.6 Å². The molecule has 2 nitrogen and oxygen atoms in total. The molecule has 1 aromatic rings. The lowest BCUT2D eigenvalue weighted by atomic mass is 9.95. The summed E-state index contributed by atoms with van der Waals surface area (Å²) in [6.45, 7) is 2.63. The Labute approximate surface area is 88.3 Å². The number of fused-ring (bicyclic) bond motifs is 1. The Hall–Kier alpha value is -1.02. The molecule has 1 N–H and O–H groups in total. The average Bonchev–Trinajstić information content (AvgIpc) is 2.28. The maximum atomic E-state index is 11.5. The number of carbonyl (C=O) groups excluding carboxylic acids is 1. The Morgan fingerprint density at radius 1 is 1.50 bits per heavy atom. The first-order chi connectivity index (χ1) is 6.68. The topological polar surface area (TPSA) is 29.1 Å². The zero-order chi connectivity index (χ0) is 10.1. The minimum Gasteiger partial charge on any atom is -0.355 e. The van der Waals surface area contributed by atoms with Crippen molar-refractivity contribution in [3.8, 4) is 0 Å². The summed E-state index contributed by atoms with van der Waals surface area (Å²) in [4.78, 5) is 11.5. The highest BCUT2D eigenvalue weighted by Gasteiger charge is 2.21. The number of nitrogens with one attached hydrogen (secondary N) is 1. The smallest absolute Gasteiger partial charge is 0.227 e. The van der Waals surface area contributed by atoms with Gasteiger partial charge in [-0.1, -0.05) is 17.7 Å². The van der Waals surface area contributed by atoms with Gasteiger partial charge in [-0.15, -0.1) is 0 Å². The van der Waals surface area contributed by atoms with Crippen LogP contribution in [0.2, 0.25) is 5.02 Å². The predicted molar refractivity (Wildman–Crippen MR) is 56.6 cm³/mol. The van der Waals surface area contributed by atoms with E-state index in [0.717, 1.165) is 17.0 Å². The van der Waals surface area contributed by atoms with Gasteiger partial charge >= 0.3 is 0 Å². The van der Waals surface area contributed by atoms with Gasteiger partial charge in [0.25, 0.3) is 0 Å². The molecule has 0 aliphatic carbocycles. The Bertz CT molecular complexity index is 376. The second-order valence-corrected chi connectivity index (χ2v) is 4.04. The van der Waals surface area contributed by atoms with E-state index in [1.54, 1.807) is 0 Å². The van der Waals surface area contributed by atoms with Crippen LogP contribution >= 0.6 is 11.6 Å². The summed E-state index contributed by atoms with van der Waals surface area (Å²) in [5.74, 6) is 0.0378. The van der Waals surface area contributed by atoms with E-state index >= 15 is 0 Å². The summed E-state index contributed by atoms with van der Waals surface area (Å²) < 4.78 is 0. The van der Waals surface area contributed by atoms with Crippen LogP contribution in [0.3, 0.4) is 0 Å². The highest BCUT2D eigenvalue weighted by molar-refractivity contribution is 6.30. The summed E-state index contributed by atoms with van der Waals surface area (Å²) >= 11 is 5.91. The van der Waals surface area contributed by atoms with Crippen molar-refractivity contribution >= 4 is 17.5 Å². The zero-order valence-electron chi connectivity index (χ0n) is 8.01. The molecule has 2 rings (SSSR count). The first-order valence-electron chi connectivity index (χ1n) is 4.74. The van der Waals surface area contributed by atoms with Crippen molar-refractivity contribution in [2.45, 2.75) is 19.3 Å². The number of hydrogen-bond donors (Lipinski definition) is 1. The minimum atomic E-state index is -0.0650. The van der Waals surface area contributed by atoms with Crippen molar-refractivity contribution in [2.24, 2.45) is 0 Å². The monoisotopic (exact) mass is 209 g/mol. The SMILES string of the molecule is C[C@H]1C(=O)NCCc2cc(Cl)ccc21. The molecule has 1 aliphatic rings. The lowest BCUT2D eigenvalue weighted by Gasteiger charge is -2.10. The number of halogens is 1. The van der Waals surface area contributed by atoms with Gasteiger partial charge in [-0.2, -0.15) is 0 Å². The van der Waals surface area contributed by atoms with E-state index in [1.165, 1.54) is 5.56 Å². The molecule has 0 bridgehead atoms. The Kier molecular flexibility index (Phi) is 2.46. The van der Waals surface area contributed by atoms with E-state index in [4.69, 9.17) is 11.6 Å². The second-order valence-electron chi connectivity index (χ2n) is 3.61. The van der Waals surface area contributed by atoms with Crippen molar-refractivity contribution < 1.29 is 4.79 Å². The molecule has 1 heterocycles. The van der Waals surface area contributed by atoms with E-state index in [1.807, 2.05) is 25.1 Å². The van der Waals surface area contributed by atoms with Gasteiger partial charge in [0.05, 0.1) is 5.92 Å². The van der Waals surface area contributed by atoms with Crippen molar-refractivity contribution in [3.05, 3.63) is 34.3 Å². The van der Waals surface area contributed by atoms with Crippen LogP contribution in [0, 0.1) is 0 Å². The molecular weight excluding hydrogens is 198 g/mol. The Morgan fingerprint density at radius 3 is 3.07 bits per heavy atom. The molecule has 0 aromatic heterocycles. The molecule has 1 amide bonds. The molecule has 0 unspecified atom stereocenters. The van der Waals surface area contributed by atoms with Gasteiger partial charge < -0.3 is 5.32 Å². The van der Waals surface area contributed by atoms with Crippen LogP contribution in [-0.2, 0) is 11.2 Å².